The highest BCUT2D eigenvalue weighted by molar-refractivity contribution is 5.69. The Morgan fingerprint density at radius 3 is 2.41 bits per heavy atom. The summed E-state index contributed by atoms with van der Waals surface area (Å²) in [6, 6.07) is 0. The molecule has 1 fully saturated rings. The van der Waals surface area contributed by atoms with Gasteiger partial charge in [0.15, 0.2) is 0 Å². The Kier molecular flexibility index (Phi) is 5.62. The van der Waals surface area contributed by atoms with Crippen molar-refractivity contribution in [3.63, 3.8) is 0 Å². The van der Waals surface area contributed by atoms with Gasteiger partial charge in [-0.25, -0.2) is 0 Å². The summed E-state index contributed by atoms with van der Waals surface area (Å²) in [5, 5.41) is 13.6. The van der Waals surface area contributed by atoms with Crippen LogP contribution in [0.3, 0.4) is 0 Å². The van der Waals surface area contributed by atoms with E-state index >= 15 is 0 Å². The first-order valence-corrected chi connectivity index (χ1v) is 8.36. The van der Waals surface area contributed by atoms with Gasteiger partial charge in [0.1, 0.15) is 0 Å². The van der Waals surface area contributed by atoms with Gasteiger partial charge in [-0.15, -0.1) is 0 Å². The maximum Gasteiger partial charge on any atom is 0.306 e. The van der Waals surface area contributed by atoms with Gasteiger partial charge >= 0.3 is 5.97 Å². The Morgan fingerprint density at radius 2 is 1.95 bits per heavy atom. The summed E-state index contributed by atoms with van der Waals surface area (Å²) in [4.78, 5) is 13.5. The highest BCUT2D eigenvalue weighted by Crippen LogP contribution is 2.30. The van der Waals surface area contributed by atoms with E-state index in [1.165, 1.54) is 11.3 Å². The van der Waals surface area contributed by atoms with E-state index in [0.717, 1.165) is 51.0 Å². The third-order valence-electron chi connectivity index (χ3n) is 5.20. The molecule has 0 aliphatic heterocycles. The van der Waals surface area contributed by atoms with Gasteiger partial charge in [-0.2, -0.15) is 5.10 Å². The minimum absolute atomic E-state index is 0.117. The van der Waals surface area contributed by atoms with Crippen LogP contribution in [0.4, 0.5) is 0 Å². The lowest BCUT2D eigenvalue weighted by Crippen LogP contribution is -2.32. The molecule has 0 bridgehead atoms. The van der Waals surface area contributed by atoms with Crippen molar-refractivity contribution in [1.29, 1.82) is 0 Å². The van der Waals surface area contributed by atoms with E-state index in [-0.39, 0.29) is 5.92 Å². The molecule has 0 atom stereocenters. The van der Waals surface area contributed by atoms with Crippen LogP contribution in [0, 0.1) is 25.7 Å². The fraction of sp³-hybridized carbons (Fsp3) is 0.765. The number of rotatable bonds is 6. The number of aryl methyl sites for hydroxylation is 2. The van der Waals surface area contributed by atoms with Gasteiger partial charge in [-0.3, -0.25) is 14.4 Å². The molecular formula is C17H29N3O2. The Bertz CT molecular complexity index is 516. The largest absolute Gasteiger partial charge is 0.481 e. The summed E-state index contributed by atoms with van der Waals surface area (Å²) in [5.41, 5.74) is 3.70. The lowest BCUT2D eigenvalue weighted by molar-refractivity contribution is -0.143. The predicted octanol–water partition coefficient (Wildman–Crippen LogP) is 2.75. The molecule has 1 aromatic heterocycles. The fourth-order valence-electron chi connectivity index (χ4n) is 3.53. The molecule has 0 spiro atoms. The summed E-state index contributed by atoms with van der Waals surface area (Å²) in [5.74, 6) is -0.102. The van der Waals surface area contributed by atoms with Crippen molar-refractivity contribution in [3.8, 4) is 0 Å². The summed E-state index contributed by atoms with van der Waals surface area (Å²) in [6.07, 6.45) is 3.75. The summed E-state index contributed by atoms with van der Waals surface area (Å²) in [6.45, 7) is 9.43. The van der Waals surface area contributed by atoms with Crippen LogP contribution < -0.4 is 0 Å². The number of carboxylic acids is 1. The topological polar surface area (TPSA) is 58.4 Å². The standard InChI is InChI=1S/C17H29N3O2/c1-5-20(11-16-12(2)18-19(4)13(16)3)10-14-6-8-15(9-7-14)17(21)22/h14-15H,5-11H2,1-4H3,(H,21,22). The minimum Gasteiger partial charge on any atom is -0.481 e. The molecule has 124 valence electrons. The summed E-state index contributed by atoms with van der Waals surface area (Å²) in [7, 11) is 2.00. The quantitative estimate of drug-likeness (QED) is 0.878. The van der Waals surface area contributed by atoms with Crippen molar-refractivity contribution in [2.45, 2.75) is 53.0 Å². The first kappa shape index (κ1) is 17.0. The second kappa shape index (κ2) is 7.27. The Morgan fingerprint density at radius 1 is 1.32 bits per heavy atom. The van der Waals surface area contributed by atoms with E-state index < -0.39 is 5.97 Å². The molecule has 1 heterocycles. The zero-order chi connectivity index (χ0) is 16.3. The van der Waals surface area contributed by atoms with Gasteiger partial charge in [-0.1, -0.05) is 6.92 Å². The third kappa shape index (κ3) is 3.88. The fourth-order valence-corrected chi connectivity index (χ4v) is 3.53. The normalized spacial score (nSPS) is 22.2. The maximum atomic E-state index is 11.0. The Hall–Kier alpha value is -1.36. The maximum absolute atomic E-state index is 11.0. The molecule has 1 saturated carbocycles. The van der Waals surface area contributed by atoms with E-state index in [2.05, 4.69) is 30.8 Å². The van der Waals surface area contributed by atoms with E-state index in [9.17, 15) is 4.79 Å². The van der Waals surface area contributed by atoms with Crippen LogP contribution in [-0.4, -0.2) is 38.8 Å². The molecule has 0 aromatic carbocycles. The lowest BCUT2D eigenvalue weighted by Gasteiger charge is -2.31. The smallest absolute Gasteiger partial charge is 0.306 e. The van der Waals surface area contributed by atoms with Gasteiger partial charge in [0, 0.05) is 31.4 Å². The first-order valence-electron chi connectivity index (χ1n) is 8.36. The Balaban J connectivity index is 1.92. The molecule has 1 aliphatic rings. The van der Waals surface area contributed by atoms with Crippen molar-refractivity contribution in [2.24, 2.45) is 18.9 Å². The monoisotopic (exact) mass is 307 g/mol. The lowest BCUT2D eigenvalue weighted by atomic mass is 9.82. The molecule has 0 saturated heterocycles. The predicted molar refractivity (Wildman–Crippen MR) is 86.7 cm³/mol. The van der Waals surface area contributed by atoms with Gasteiger partial charge < -0.3 is 5.11 Å². The van der Waals surface area contributed by atoms with Gasteiger partial charge in [0.25, 0.3) is 0 Å². The van der Waals surface area contributed by atoms with Crippen molar-refractivity contribution in [1.82, 2.24) is 14.7 Å². The van der Waals surface area contributed by atoms with Gasteiger partial charge in [0.2, 0.25) is 0 Å². The molecule has 1 aliphatic carbocycles. The second-order valence-corrected chi connectivity index (χ2v) is 6.66. The van der Waals surface area contributed by atoms with Crippen LogP contribution in [0.25, 0.3) is 0 Å². The number of hydrogen-bond acceptors (Lipinski definition) is 3. The highest BCUT2D eigenvalue weighted by atomic mass is 16.4. The van der Waals surface area contributed by atoms with E-state index in [1.54, 1.807) is 0 Å². The number of carboxylic acid groups (broad SMARTS) is 1. The Labute approximate surface area is 133 Å². The van der Waals surface area contributed by atoms with E-state index in [4.69, 9.17) is 5.11 Å². The summed E-state index contributed by atoms with van der Waals surface area (Å²) >= 11 is 0. The van der Waals surface area contributed by atoms with Crippen LogP contribution in [0.2, 0.25) is 0 Å². The van der Waals surface area contributed by atoms with Crippen LogP contribution in [0.5, 0.6) is 0 Å². The molecule has 22 heavy (non-hydrogen) atoms. The number of carbonyl (C=O) groups is 1. The molecule has 1 N–H and O–H groups in total. The van der Waals surface area contributed by atoms with Crippen LogP contribution in [0.1, 0.15) is 49.6 Å². The second-order valence-electron chi connectivity index (χ2n) is 6.66. The van der Waals surface area contributed by atoms with Gasteiger partial charge in [-0.05, 0) is 52.0 Å². The van der Waals surface area contributed by atoms with Crippen LogP contribution >= 0.6 is 0 Å². The summed E-state index contributed by atoms with van der Waals surface area (Å²) < 4.78 is 1.95. The molecule has 0 unspecified atom stereocenters. The van der Waals surface area contributed by atoms with Crippen LogP contribution in [-0.2, 0) is 18.4 Å². The molecule has 0 radical (unpaired) electrons. The van der Waals surface area contributed by atoms with E-state index in [0.29, 0.717) is 5.92 Å². The van der Waals surface area contributed by atoms with Crippen LogP contribution in [0.15, 0.2) is 0 Å². The molecule has 2 rings (SSSR count). The number of nitrogens with zero attached hydrogens (tertiary/aromatic N) is 3. The molecule has 5 heteroatoms. The molecular weight excluding hydrogens is 278 g/mol. The SMILES string of the molecule is CCN(Cc1c(C)nn(C)c1C)CC1CCC(C(=O)O)CC1. The third-order valence-corrected chi connectivity index (χ3v) is 5.20. The zero-order valence-electron chi connectivity index (χ0n) is 14.3. The minimum atomic E-state index is -0.618. The van der Waals surface area contributed by atoms with Crippen molar-refractivity contribution in [3.05, 3.63) is 17.0 Å². The number of hydrogen-bond donors (Lipinski definition) is 1. The zero-order valence-corrected chi connectivity index (χ0v) is 14.3. The molecule has 1 aromatic rings. The van der Waals surface area contributed by atoms with Crippen molar-refractivity contribution < 1.29 is 9.90 Å². The average Bonchev–Trinajstić information content (AvgIpc) is 2.73. The van der Waals surface area contributed by atoms with Crippen molar-refractivity contribution in [2.75, 3.05) is 13.1 Å². The number of aliphatic carboxylic acids is 1. The molecule has 0 amide bonds. The van der Waals surface area contributed by atoms with E-state index in [1.807, 2.05) is 11.7 Å². The highest BCUT2D eigenvalue weighted by Gasteiger charge is 2.27. The average molecular weight is 307 g/mol. The first-order chi connectivity index (χ1) is 10.4. The van der Waals surface area contributed by atoms with Gasteiger partial charge in [0.05, 0.1) is 11.6 Å². The molecule has 5 nitrogen and oxygen atoms in total. The van der Waals surface area contributed by atoms with Crippen molar-refractivity contribution >= 4 is 5.97 Å². The number of aromatic nitrogens is 2.